The highest BCUT2D eigenvalue weighted by Crippen LogP contribution is 2.34. The molecule has 6 heteroatoms. The summed E-state index contributed by atoms with van der Waals surface area (Å²) >= 11 is 1.53. The van der Waals surface area contributed by atoms with Gasteiger partial charge in [-0.1, -0.05) is 30.3 Å². The van der Waals surface area contributed by atoms with E-state index in [1.165, 1.54) is 11.9 Å². The van der Waals surface area contributed by atoms with Gasteiger partial charge in [0.25, 0.3) is 0 Å². The van der Waals surface area contributed by atoms with E-state index in [1.54, 1.807) is 19.2 Å². The van der Waals surface area contributed by atoms with Gasteiger partial charge in [-0.05, 0) is 48.3 Å². The molecule has 5 nitrogen and oxygen atoms in total. The number of para-hydroxylation sites is 1. The number of methoxy groups -OCH3 is 1. The maximum Gasteiger partial charge on any atom is 0.337 e. The van der Waals surface area contributed by atoms with E-state index < -0.39 is 5.97 Å². The Morgan fingerprint density at radius 2 is 1.81 bits per heavy atom. The van der Waals surface area contributed by atoms with Gasteiger partial charge in [0.15, 0.2) is 5.65 Å². The third-order valence-corrected chi connectivity index (χ3v) is 5.14. The molecule has 0 amide bonds. The van der Waals surface area contributed by atoms with E-state index in [1.807, 2.05) is 64.8 Å². The van der Waals surface area contributed by atoms with Crippen LogP contribution in [0.1, 0.15) is 10.4 Å². The number of aromatic carboxylic acids is 1. The maximum absolute atomic E-state index is 11.8. The molecule has 0 radical (unpaired) electrons. The molecule has 0 atom stereocenters. The average molecular weight is 376 g/mol. The smallest absolute Gasteiger partial charge is 0.337 e. The monoisotopic (exact) mass is 376 g/mol. The van der Waals surface area contributed by atoms with Gasteiger partial charge in [-0.2, -0.15) is 0 Å². The molecule has 1 N–H and O–H groups in total. The lowest BCUT2D eigenvalue weighted by Crippen LogP contribution is -2.03. The van der Waals surface area contributed by atoms with Crippen LogP contribution in [-0.2, 0) is 0 Å². The van der Waals surface area contributed by atoms with Gasteiger partial charge >= 0.3 is 5.97 Å². The molecule has 0 bridgehead atoms. The number of pyridine rings is 1. The predicted molar refractivity (Wildman–Crippen MR) is 106 cm³/mol. The van der Waals surface area contributed by atoms with Gasteiger partial charge in [0.1, 0.15) is 5.75 Å². The minimum atomic E-state index is -1.02. The molecule has 0 aliphatic rings. The van der Waals surface area contributed by atoms with Crippen molar-refractivity contribution in [2.45, 2.75) is 4.90 Å². The summed E-state index contributed by atoms with van der Waals surface area (Å²) in [6.45, 7) is 0. The van der Waals surface area contributed by atoms with E-state index in [-0.39, 0.29) is 5.56 Å². The standard InChI is InChI=1S/C21H16N2O3S/c1-26-18-10-6-5-9-16(18)19-17(21(24)25)13-14-11-12-23(20(14)22-19)27-15-7-3-2-4-8-15/h2-13H,1H3,(H,24,25). The van der Waals surface area contributed by atoms with Crippen molar-refractivity contribution >= 4 is 29.0 Å². The Labute approximate surface area is 160 Å². The van der Waals surface area contributed by atoms with Crippen LogP contribution >= 0.6 is 11.9 Å². The Hall–Kier alpha value is -3.25. The Balaban J connectivity index is 1.90. The lowest BCUT2D eigenvalue weighted by atomic mass is 10.0. The quantitative estimate of drug-likeness (QED) is 0.533. The molecule has 0 saturated carbocycles. The second kappa shape index (κ2) is 7.17. The van der Waals surface area contributed by atoms with Crippen molar-refractivity contribution in [2.75, 3.05) is 7.11 Å². The molecule has 2 aromatic carbocycles. The Kier molecular flexibility index (Phi) is 4.56. The Morgan fingerprint density at radius 1 is 1.07 bits per heavy atom. The lowest BCUT2D eigenvalue weighted by molar-refractivity contribution is 0.0697. The van der Waals surface area contributed by atoms with Crippen LogP contribution in [0, 0.1) is 0 Å². The van der Waals surface area contributed by atoms with Crippen molar-refractivity contribution in [1.29, 1.82) is 0 Å². The van der Waals surface area contributed by atoms with Crippen LogP contribution in [0.2, 0.25) is 0 Å². The summed E-state index contributed by atoms with van der Waals surface area (Å²) in [6.07, 6.45) is 1.90. The molecule has 2 heterocycles. The van der Waals surface area contributed by atoms with Crippen molar-refractivity contribution in [2.24, 2.45) is 0 Å². The van der Waals surface area contributed by atoms with Crippen molar-refractivity contribution in [3.63, 3.8) is 0 Å². The molecule has 2 aromatic heterocycles. The highest BCUT2D eigenvalue weighted by atomic mass is 32.2. The first-order chi connectivity index (χ1) is 13.2. The van der Waals surface area contributed by atoms with Crippen LogP contribution in [0.15, 0.2) is 77.8 Å². The number of hydrogen-bond donors (Lipinski definition) is 1. The largest absolute Gasteiger partial charge is 0.496 e. The topological polar surface area (TPSA) is 64.4 Å². The van der Waals surface area contributed by atoms with Gasteiger partial charge in [0.2, 0.25) is 0 Å². The van der Waals surface area contributed by atoms with E-state index in [0.717, 1.165) is 10.3 Å². The number of carbonyl (C=O) groups is 1. The fourth-order valence-corrected chi connectivity index (χ4v) is 3.77. The zero-order valence-electron chi connectivity index (χ0n) is 14.5. The minimum Gasteiger partial charge on any atom is -0.496 e. The zero-order chi connectivity index (χ0) is 18.8. The van der Waals surface area contributed by atoms with Crippen LogP contribution in [-0.4, -0.2) is 27.1 Å². The number of carboxylic acids is 1. The number of carboxylic acid groups (broad SMARTS) is 1. The van der Waals surface area contributed by atoms with Crippen LogP contribution in [0.25, 0.3) is 22.3 Å². The maximum atomic E-state index is 11.8. The number of ether oxygens (including phenoxy) is 1. The second-order valence-electron chi connectivity index (χ2n) is 5.85. The summed E-state index contributed by atoms with van der Waals surface area (Å²) in [5.41, 5.74) is 1.89. The fourth-order valence-electron chi connectivity index (χ4n) is 2.91. The van der Waals surface area contributed by atoms with Gasteiger partial charge in [-0.3, -0.25) is 3.97 Å². The summed E-state index contributed by atoms with van der Waals surface area (Å²) in [6, 6.07) is 20.8. The fraction of sp³-hybridized carbons (Fsp3) is 0.0476. The van der Waals surface area contributed by atoms with Gasteiger partial charge < -0.3 is 9.84 Å². The summed E-state index contributed by atoms with van der Waals surface area (Å²) in [7, 11) is 1.56. The van der Waals surface area contributed by atoms with Gasteiger partial charge in [-0.25, -0.2) is 9.78 Å². The normalized spacial score (nSPS) is 10.9. The third-order valence-electron chi connectivity index (χ3n) is 4.17. The molecule has 0 aliphatic carbocycles. The number of rotatable bonds is 5. The van der Waals surface area contributed by atoms with E-state index in [9.17, 15) is 9.90 Å². The minimum absolute atomic E-state index is 0.148. The van der Waals surface area contributed by atoms with E-state index in [0.29, 0.717) is 22.7 Å². The average Bonchev–Trinajstić information content (AvgIpc) is 3.09. The van der Waals surface area contributed by atoms with E-state index >= 15 is 0 Å². The Morgan fingerprint density at radius 3 is 2.56 bits per heavy atom. The SMILES string of the molecule is COc1ccccc1-c1nc2c(ccn2Sc2ccccc2)cc1C(=O)O. The molecule has 0 aliphatic heterocycles. The molecule has 134 valence electrons. The van der Waals surface area contributed by atoms with Gasteiger partial charge in [0.05, 0.1) is 18.4 Å². The molecular formula is C21H16N2O3S. The van der Waals surface area contributed by atoms with Crippen molar-refractivity contribution in [1.82, 2.24) is 8.96 Å². The summed E-state index contributed by atoms with van der Waals surface area (Å²) in [5, 5.41) is 10.5. The molecule has 0 saturated heterocycles. The molecule has 27 heavy (non-hydrogen) atoms. The number of fused-ring (bicyclic) bond motifs is 1. The number of aromatic nitrogens is 2. The third kappa shape index (κ3) is 3.27. The molecule has 4 aromatic rings. The number of benzene rings is 2. The first-order valence-electron chi connectivity index (χ1n) is 8.29. The second-order valence-corrected chi connectivity index (χ2v) is 6.90. The number of nitrogens with zero attached hydrogens (tertiary/aromatic N) is 2. The van der Waals surface area contributed by atoms with Gasteiger partial charge in [0, 0.05) is 22.0 Å². The Bertz CT molecular complexity index is 1120. The van der Waals surface area contributed by atoms with E-state index in [2.05, 4.69) is 0 Å². The molecule has 0 spiro atoms. The summed E-state index contributed by atoms with van der Waals surface area (Å²) < 4.78 is 7.35. The summed E-state index contributed by atoms with van der Waals surface area (Å²) in [5.74, 6) is -0.436. The van der Waals surface area contributed by atoms with Crippen LogP contribution in [0.5, 0.6) is 5.75 Å². The van der Waals surface area contributed by atoms with Crippen molar-refractivity contribution < 1.29 is 14.6 Å². The zero-order valence-corrected chi connectivity index (χ0v) is 15.3. The van der Waals surface area contributed by atoms with Crippen molar-refractivity contribution in [3.05, 3.63) is 78.5 Å². The van der Waals surface area contributed by atoms with Crippen LogP contribution < -0.4 is 4.74 Å². The summed E-state index contributed by atoms with van der Waals surface area (Å²) in [4.78, 5) is 17.6. The highest BCUT2D eigenvalue weighted by Gasteiger charge is 2.19. The van der Waals surface area contributed by atoms with Crippen LogP contribution in [0.4, 0.5) is 0 Å². The molecule has 0 unspecified atom stereocenters. The van der Waals surface area contributed by atoms with Crippen molar-refractivity contribution in [3.8, 4) is 17.0 Å². The predicted octanol–water partition coefficient (Wildman–Crippen LogP) is 4.97. The van der Waals surface area contributed by atoms with Crippen LogP contribution in [0.3, 0.4) is 0 Å². The highest BCUT2D eigenvalue weighted by molar-refractivity contribution is 7.98. The van der Waals surface area contributed by atoms with E-state index in [4.69, 9.17) is 9.72 Å². The first kappa shape index (κ1) is 17.2. The molecular weight excluding hydrogens is 360 g/mol. The first-order valence-corrected chi connectivity index (χ1v) is 9.07. The lowest BCUT2D eigenvalue weighted by Gasteiger charge is -2.11. The molecule has 4 rings (SSSR count). The molecule has 0 fully saturated rings. The number of hydrogen-bond acceptors (Lipinski definition) is 4. The van der Waals surface area contributed by atoms with Gasteiger partial charge in [-0.15, -0.1) is 0 Å².